The highest BCUT2D eigenvalue weighted by molar-refractivity contribution is 5.77. The van der Waals surface area contributed by atoms with E-state index >= 15 is 0 Å². The quantitative estimate of drug-likeness (QED) is 0.0322. The molecule has 0 aromatic carbocycles. The number of rotatable bonds is 47. The standard InChI is InChI=1S/C53H101NO5/c1-4-7-10-13-16-19-21-23-25-27-29-31-33-36-39-42-45-51(56)50(48-55)54-52(57)47-49(44-41-38-35-18-15-12-9-6-3)59-53(58)46-43-40-37-34-32-30-28-26-24-22-20-17-14-11-8-5-2/h12,15,26,28,49-51,55-56H,4-11,13-14,16-25,27,29-48H2,1-3H3,(H,54,57)/b15-12-,28-26+. The Morgan fingerprint density at radius 2 is 0.847 bits per heavy atom. The maximum Gasteiger partial charge on any atom is 0.306 e. The lowest BCUT2D eigenvalue weighted by Gasteiger charge is -2.24. The summed E-state index contributed by atoms with van der Waals surface area (Å²) in [6.45, 7) is 6.42. The van der Waals surface area contributed by atoms with Gasteiger partial charge in [0, 0.05) is 6.42 Å². The van der Waals surface area contributed by atoms with Gasteiger partial charge in [0.25, 0.3) is 0 Å². The lowest BCUT2D eigenvalue weighted by Crippen LogP contribution is -2.46. The highest BCUT2D eigenvalue weighted by Crippen LogP contribution is 2.18. The molecule has 0 aliphatic carbocycles. The van der Waals surface area contributed by atoms with Crippen LogP contribution >= 0.6 is 0 Å². The van der Waals surface area contributed by atoms with Crippen LogP contribution in [0.25, 0.3) is 0 Å². The van der Waals surface area contributed by atoms with Crippen molar-refractivity contribution in [1.82, 2.24) is 5.32 Å². The molecule has 0 saturated carbocycles. The highest BCUT2D eigenvalue weighted by Gasteiger charge is 2.24. The molecule has 0 rings (SSSR count). The predicted octanol–water partition coefficient (Wildman–Crippen LogP) is 15.5. The minimum atomic E-state index is -0.789. The third kappa shape index (κ3) is 42.8. The van der Waals surface area contributed by atoms with Crippen LogP contribution in [0.2, 0.25) is 0 Å². The fraction of sp³-hybridized carbons (Fsp3) is 0.887. The molecule has 0 fully saturated rings. The third-order valence-electron chi connectivity index (χ3n) is 12.0. The number of esters is 1. The number of unbranched alkanes of at least 4 members (excludes halogenated alkanes) is 31. The number of aliphatic hydroxyl groups excluding tert-OH is 2. The number of amides is 1. The molecule has 3 N–H and O–H groups in total. The normalized spacial score (nSPS) is 13.4. The minimum absolute atomic E-state index is 0.0664. The van der Waals surface area contributed by atoms with Crippen molar-refractivity contribution in [2.45, 2.75) is 296 Å². The van der Waals surface area contributed by atoms with Crippen LogP contribution in [-0.4, -0.2) is 46.9 Å². The van der Waals surface area contributed by atoms with Gasteiger partial charge in [-0.2, -0.15) is 0 Å². The van der Waals surface area contributed by atoms with E-state index in [1.165, 1.54) is 154 Å². The van der Waals surface area contributed by atoms with Crippen molar-refractivity contribution < 1.29 is 24.5 Å². The van der Waals surface area contributed by atoms with Gasteiger partial charge in [0.15, 0.2) is 0 Å². The zero-order chi connectivity index (χ0) is 43.1. The van der Waals surface area contributed by atoms with Crippen molar-refractivity contribution in [1.29, 1.82) is 0 Å². The number of aliphatic hydroxyl groups is 2. The van der Waals surface area contributed by atoms with Crippen LogP contribution in [-0.2, 0) is 14.3 Å². The molecular formula is C53H101NO5. The first-order valence-corrected chi connectivity index (χ1v) is 26.1. The van der Waals surface area contributed by atoms with Gasteiger partial charge in [0.05, 0.1) is 25.2 Å². The number of carbonyl (C=O) groups excluding carboxylic acids is 2. The van der Waals surface area contributed by atoms with Crippen molar-refractivity contribution in [2.24, 2.45) is 0 Å². The lowest BCUT2D eigenvalue weighted by atomic mass is 10.0. The Bertz CT molecular complexity index is 935. The van der Waals surface area contributed by atoms with Crippen molar-refractivity contribution >= 4 is 11.9 Å². The average Bonchev–Trinajstić information content (AvgIpc) is 3.23. The maximum atomic E-state index is 13.1. The van der Waals surface area contributed by atoms with Gasteiger partial charge in [0.1, 0.15) is 6.10 Å². The molecule has 0 saturated heterocycles. The van der Waals surface area contributed by atoms with E-state index in [0.717, 1.165) is 77.0 Å². The largest absolute Gasteiger partial charge is 0.462 e. The zero-order valence-corrected chi connectivity index (χ0v) is 39.7. The van der Waals surface area contributed by atoms with E-state index in [0.29, 0.717) is 19.3 Å². The second-order valence-electron chi connectivity index (χ2n) is 17.9. The van der Waals surface area contributed by atoms with E-state index in [4.69, 9.17) is 4.74 Å². The van der Waals surface area contributed by atoms with Gasteiger partial charge in [-0.1, -0.05) is 218 Å². The van der Waals surface area contributed by atoms with Crippen molar-refractivity contribution in [3.05, 3.63) is 24.3 Å². The molecule has 0 bridgehead atoms. The lowest BCUT2D eigenvalue weighted by molar-refractivity contribution is -0.151. The van der Waals surface area contributed by atoms with E-state index in [1.54, 1.807) is 0 Å². The molecule has 0 aliphatic rings. The summed E-state index contributed by atoms with van der Waals surface area (Å²) in [5.74, 6) is -0.493. The fourth-order valence-corrected chi connectivity index (χ4v) is 8.02. The summed E-state index contributed by atoms with van der Waals surface area (Å²) in [6, 6.07) is -0.703. The van der Waals surface area contributed by atoms with Crippen molar-refractivity contribution in [2.75, 3.05) is 6.61 Å². The van der Waals surface area contributed by atoms with Crippen LogP contribution < -0.4 is 5.32 Å². The number of nitrogens with one attached hydrogen (secondary N) is 1. The Balaban J connectivity index is 4.38. The topological polar surface area (TPSA) is 95.9 Å². The van der Waals surface area contributed by atoms with Gasteiger partial charge in [-0.25, -0.2) is 0 Å². The summed E-state index contributed by atoms with van der Waals surface area (Å²) in [7, 11) is 0. The minimum Gasteiger partial charge on any atom is -0.462 e. The Morgan fingerprint density at radius 3 is 1.29 bits per heavy atom. The predicted molar refractivity (Wildman–Crippen MR) is 255 cm³/mol. The number of allylic oxidation sites excluding steroid dienone is 4. The van der Waals surface area contributed by atoms with Gasteiger partial charge < -0.3 is 20.3 Å². The van der Waals surface area contributed by atoms with E-state index in [-0.39, 0.29) is 24.9 Å². The number of ether oxygens (including phenoxy) is 1. The smallest absolute Gasteiger partial charge is 0.306 e. The number of carbonyl (C=O) groups is 2. The second kappa shape index (κ2) is 47.4. The second-order valence-corrected chi connectivity index (χ2v) is 17.9. The molecule has 6 nitrogen and oxygen atoms in total. The van der Waals surface area contributed by atoms with Crippen LogP contribution in [0.15, 0.2) is 24.3 Å². The van der Waals surface area contributed by atoms with Gasteiger partial charge in [-0.15, -0.1) is 0 Å². The van der Waals surface area contributed by atoms with E-state index in [2.05, 4.69) is 50.4 Å². The first-order valence-electron chi connectivity index (χ1n) is 26.1. The summed E-state index contributed by atoms with van der Waals surface area (Å²) in [5.41, 5.74) is 0. The first-order chi connectivity index (χ1) is 29.0. The van der Waals surface area contributed by atoms with E-state index < -0.39 is 18.2 Å². The average molecular weight is 832 g/mol. The van der Waals surface area contributed by atoms with Crippen LogP contribution in [0.3, 0.4) is 0 Å². The number of hydrogen-bond acceptors (Lipinski definition) is 5. The molecule has 0 aromatic heterocycles. The van der Waals surface area contributed by atoms with Gasteiger partial charge in [0.2, 0.25) is 5.91 Å². The van der Waals surface area contributed by atoms with Crippen LogP contribution in [0, 0.1) is 0 Å². The molecule has 0 heterocycles. The van der Waals surface area contributed by atoms with E-state index in [9.17, 15) is 19.8 Å². The molecule has 0 spiro atoms. The SMILES string of the molecule is CCC/C=C\CCCCCC(CC(=O)NC(CO)C(O)CCCCCCCCCCCCCCCCCC)OC(=O)CCCCCCC/C=C/CCCCCCCCC. The number of hydrogen-bond donors (Lipinski definition) is 3. The van der Waals surface area contributed by atoms with Crippen LogP contribution in [0.5, 0.6) is 0 Å². The molecule has 348 valence electrons. The Kier molecular flexibility index (Phi) is 46.1. The highest BCUT2D eigenvalue weighted by atomic mass is 16.5. The first kappa shape index (κ1) is 57.3. The molecule has 59 heavy (non-hydrogen) atoms. The Labute approximate surface area is 367 Å². The molecule has 6 heteroatoms. The molecule has 0 radical (unpaired) electrons. The van der Waals surface area contributed by atoms with Gasteiger partial charge >= 0.3 is 5.97 Å². The molecular weight excluding hydrogens is 731 g/mol. The van der Waals surface area contributed by atoms with Crippen molar-refractivity contribution in [3.8, 4) is 0 Å². The van der Waals surface area contributed by atoms with Crippen molar-refractivity contribution in [3.63, 3.8) is 0 Å². The molecule has 0 aliphatic heterocycles. The van der Waals surface area contributed by atoms with Crippen LogP contribution in [0.4, 0.5) is 0 Å². The summed E-state index contributed by atoms with van der Waals surface area (Å²) in [4.78, 5) is 26.0. The molecule has 0 aromatic rings. The molecule has 1 amide bonds. The monoisotopic (exact) mass is 832 g/mol. The third-order valence-corrected chi connectivity index (χ3v) is 12.0. The molecule has 3 unspecified atom stereocenters. The molecule has 3 atom stereocenters. The maximum absolute atomic E-state index is 13.1. The Hall–Kier alpha value is -1.66. The summed E-state index contributed by atoms with van der Waals surface area (Å²) >= 11 is 0. The summed E-state index contributed by atoms with van der Waals surface area (Å²) in [6.07, 6.45) is 54.0. The summed E-state index contributed by atoms with van der Waals surface area (Å²) in [5, 5.41) is 23.7. The van der Waals surface area contributed by atoms with Crippen LogP contribution in [0.1, 0.15) is 278 Å². The van der Waals surface area contributed by atoms with E-state index in [1.807, 2.05) is 0 Å². The van der Waals surface area contributed by atoms with Gasteiger partial charge in [-0.3, -0.25) is 9.59 Å². The fourth-order valence-electron chi connectivity index (χ4n) is 8.02. The Morgan fingerprint density at radius 1 is 0.475 bits per heavy atom. The summed E-state index contributed by atoms with van der Waals surface area (Å²) < 4.78 is 5.90. The zero-order valence-electron chi connectivity index (χ0n) is 39.7. The van der Waals surface area contributed by atoms with Gasteiger partial charge in [-0.05, 0) is 70.6 Å².